The number of amides is 5. The topological polar surface area (TPSA) is 252 Å². The van der Waals surface area contributed by atoms with Crippen LogP contribution >= 0.6 is 23.2 Å². The number of carboxylic acids is 1. The first kappa shape index (κ1) is 52.7. The van der Waals surface area contributed by atoms with Gasteiger partial charge in [-0.2, -0.15) is 0 Å². The van der Waals surface area contributed by atoms with Gasteiger partial charge in [0.1, 0.15) is 11.8 Å². The Morgan fingerprint density at radius 1 is 0.712 bits per heavy atom. The molecule has 0 radical (unpaired) electrons. The van der Waals surface area contributed by atoms with Crippen molar-refractivity contribution in [3.8, 4) is 16.9 Å². The normalized spacial score (nSPS) is 12.7. The van der Waals surface area contributed by atoms with Crippen LogP contribution in [0.25, 0.3) is 11.1 Å². The predicted molar refractivity (Wildman–Crippen MR) is 241 cm³/mol. The minimum Gasteiger partial charge on any atom is -0.493 e. The summed E-state index contributed by atoms with van der Waals surface area (Å²) in [4.78, 5) is 98.5. The van der Waals surface area contributed by atoms with Crippen molar-refractivity contribution in [2.45, 2.75) is 38.6 Å². The zero-order valence-electron chi connectivity index (χ0n) is 36.9. The number of benzene rings is 2. The van der Waals surface area contributed by atoms with Crippen molar-refractivity contribution < 1.29 is 57.6 Å². The number of carbonyl (C=O) groups is 6. The van der Waals surface area contributed by atoms with Crippen molar-refractivity contribution in [2.24, 2.45) is 14.1 Å². The van der Waals surface area contributed by atoms with Gasteiger partial charge in [-0.15, -0.1) is 0 Å². The lowest BCUT2D eigenvalue weighted by Gasteiger charge is -2.17. The number of imide groups is 1. The summed E-state index contributed by atoms with van der Waals surface area (Å²) < 4.78 is 29.8. The van der Waals surface area contributed by atoms with Gasteiger partial charge in [-0.25, -0.2) is 9.59 Å². The molecule has 20 nitrogen and oxygen atoms in total. The summed E-state index contributed by atoms with van der Waals surface area (Å²) in [5.74, 6) is -3.18. The molecule has 1 atom stereocenters. The molecule has 66 heavy (non-hydrogen) atoms. The molecular formula is C44H54Cl2N6O14. The largest absolute Gasteiger partial charge is 0.493 e. The summed E-state index contributed by atoms with van der Waals surface area (Å²) in [6.45, 7) is 4.94. The Kier molecular flexibility index (Phi) is 21.5. The number of ether oxygens (including phenoxy) is 5. The number of carboxylic acid groups (broad SMARTS) is 1. The number of nitrogens with zero attached hydrogens (tertiary/aromatic N) is 3. The van der Waals surface area contributed by atoms with Crippen LogP contribution in [0.4, 0.5) is 0 Å². The van der Waals surface area contributed by atoms with Gasteiger partial charge in [-0.1, -0.05) is 47.5 Å². The minimum absolute atomic E-state index is 0.0154. The minimum atomic E-state index is -1.35. The number of nitrogens with one attached hydrogen (secondary N) is 3. The second kappa shape index (κ2) is 26.9. The fourth-order valence-electron chi connectivity index (χ4n) is 6.32. The summed E-state index contributed by atoms with van der Waals surface area (Å²) in [7, 11) is 2.96. The van der Waals surface area contributed by atoms with E-state index in [4.69, 9.17) is 46.9 Å². The summed E-state index contributed by atoms with van der Waals surface area (Å²) in [6, 6.07) is 7.99. The SMILES string of the molecule is Cc1c(-c2ccc(CC(NC(=O)c3c(Cl)cc(OCCCNC(=O)CCOCCOCCOCCOCCNC(=O)CCN4C(=O)C=CC4=O)cc3Cl)C(=O)O)cc2)c(=O)n(C)c(=O)n1C. The molecule has 1 aliphatic heterocycles. The fourth-order valence-corrected chi connectivity index (χ4v) is 6.96. The summed E-state index contributed by atoms with van der Waals surface area (Å²) >= 11 is 12.8. The zero-order valence-corrected chi connectivity index (χ0v) is 38.4. The third-order valence-electron chi connectivity index (χ3n) is 10.0. The van der Waals surface area contributed by atoms with E-state index in [1.807, 2.05) is 0 Å². The van der Waals surface area contributed by atoms with Crippen LogP contribution in [0, 0.1) is 6.92 Å². The van der Waals surface area contributed by atoms with Crippen molar-refractivity contribution in [1.29, 1.82) is 0 Å². The molecule has 4 rings (SSSR count). The first-order valence-electron chi connectivity index (χ1n) is 21.0. The first-order chi connectivity index (χ1) is 31.6. The molecule has 1 aromatic heterocycles. The molecule has 0 fully saturated rings. The maximum Gasteiger partial charge on any atom is 0.330 e. The van der Waals surface area contributed by atoms with E-state index >= 15 is 0 Å². The van der Waals surface area contributed by atoms with Crippen molar-refractivity contribution in [2.75, 3.05) is 79.1 Å². The molecule has 22 heteroatoms. The van der Waals surface area contributed by atoms with Crippen molar-refractivity contribution in [1.82, 2.24) is 30.0 Å². The van der Waals surface area contributed by atoms with Gasteiger partial charge in [-0.3, -0.25) is 38.2 Å². The number of aliphatic carboxylic acids is 1. The lowest BCUT2D eigenvalue weighted by molar-refractivity contribution is -0.139. The molecule has 0 spiro atoms. The van der Waals surface area contributed by atoms with Gasteiger partial charge in [0.25, 0.3) is 23.3 Å². The van der Waals surface area contributed by atoms with Gasteiger partial charge >= 0.3 is 11.7 Å². The van der Waals surface area contributed by atoms with Gasteiger partial charge in [0, 0.05) is 70.8 Å². The molecule has 0 saturated carbocycles. The highest BCUT2D eigenvalue weighted by Gasteiger charge is 2.26. The van der Waals surface area contributed by atoms with Crippen LogP contribution in [-0.2, 0) is 63.4 Å². The van der Waals surface area contributed by atoms with Gasteiger partial charge in [-0.05, 0) is 36.6 Å². The molecule has 358 valence electrons. The third kappa shape index (κ3) is 16.2. The second-order valence-corrected chi connectivity index (χ2v) is 15.5. The Morgan fingerprint density at radius 2 is 1.26 bits per heavy atom. The Labute approximate surface area is 390 Å². The third-order valence-corrected chi connectivity index (χ3v) is 10.6. The van der Waals surface area contributed by atoms with E-state index in [1.54, 1.807) is 38.2 Å². The van der Waals surface area contributed by atoms with E-state index in [0.29, 0.717) is 75.0 Å². The molecule has 1 unspecified atom stereocenters. The predicted octanol–water partition coefficient (Wildman–Crippen LogP) is 1.56. The van der Waals surface area contributed by atoms with Gasteiger partial charge in [0.05, 0.1) is 80.6 Å². The fraction of sp³-hybridized carbons (Fsp3) is 0.455. The zero-order chi connectivity index (χ0) is 48.2. The van der Waals surface area contributed by atoms with Crippen LogP contribution in [0.15, 0.2) is 58.1 Å². The lowest BCUT2D eigenvalue weighted by Crippen LogP contribution is -2.42. The maximum absolute atomic E-state index is 13.2. The molecule has 2 heterocycles. The van der Waals surface area contributed by atoms with Crippen LogP contribution < -0.4 is 31.9 Å². The molecule has 4 N–H and O–H groups in total. The monoisotopic (exact) mass is 960 g/mol. The van der Waals surface area contributed by atoms with Gasteiger partial charge in [0.15, 0.2) is 0 Å². The van der Waals surface area contributed by atoms with Crippen molar-refractivity contribution in [3.63, 3.8) is 0 Å². The molecule has 5 amide bonds. The molecule has 0 aliphatic carbocycles. The lowest BCUT2D eigenvalue weighted by atomic mass is 10.00. The number of hydrogen-bond acceptors (Lipinski definition) is 13. The number of halogens is 2. The van der Waals surface area contributed by atoms with Crippen LogP contribution in [-0.4, -0.2) is 140 Å². The standard InChI is InChI=1S/C44H54Cl2N6O14/c1-28-39(42(58)51(3)44(61)50(28)2)30-7-5-29(6-8-30)25-34(43(59)60)49-41(57)40-32(45)26-31(27-33(40)46)66-16-4-13-47-36(54)12-17-62-19-21-64-23-24-65-22-20-63-18-14-48-35(53)11-15-52-37(55)9-10-38(52)56/h5-10,26-27,34H,4,11-25H2,1-3H3,(H,47,54)(H,48,53)(H,49,57)(H,59,60). The van der Waals surface area contributed by atoms with Crippen molar-refractivity contribution >= 4 is 58.7 Å². The van der Waals surface area contributed by atoms with Crippen LogP contribution in [0.5, 0.6) is 5.75 Å². The number of carbonyl (C=O) groups excluding carboxylic acids is 5. The Hall–Kier alpha value is -5.90. The molecule has 1 aliphatic rings. The molecular weight excluding hydrogens is 907 g/mol. The van der Waals surface area contributed by atoms with Crippen molar-refractivity contribution in [3.05, 3.63) is 96.3 Å². The van der Waals surface area contributed by atoms with E-state index in [0.717, 1.165) is 9.47 Å². The van der Waals surface area contributed by atoms with E-state index in [9.17, 15) is 43.5 Å². The summed E-state index contributed by atoms with van der Waals surface area (Å²) in [5.41, 5.74) is 0.872. The highest BCUT2D eigenvalue weighted by atomic mass is 35.5. The van der Waals surface area contributed by atoms with Crippen LogP contribution in [0.2, 0.25) is 10.0 Å². The Bertz CT molecular complexity index is 2310. The maximum atomic E-state index is 13.2. The number of aromatic nitrogens is 2. The highest BCUT2D eigenvalue weighted by Crippen LogP contribution is 2.31. The quantitative estimate of drug-likeness (QED) is 0.0570. The number of hydrogen-bond donors (Lipinski definition) is 4. The van der Waals surface area contributed by atoms with Crippen LogP contribution in [0.3, 0.4) is 0 Å². The summed E-state index contributed by atoms with van der Waals surface area (Å²) in [5, 5.41) is 17.7. The number of rotatable bonds is 29. The molecule has 0 bridgehead atoms. The van der Waals surface area contributed by atoms with Gasteiger partial charge < -0.3 is 49.3 Å². The Balaban J connectivity index is 1.02. The molecule has 3 aromatic rings. The van der Waals surface area contributed by atoms with E-state index in [1.165, 1.54) is 35.9 Å². The summed E-state index contributed by atoms with van der Waals surface area (Å²) in [6.07, 6.45) is 2.86. The van der Waals surface area contributed by atoms with E-state index in [-0.39, 0.29) is 85.3 Å². The molecule has 2 aromatic carbocycles. The highest BCUT2D eigenvalue weighted by molar-refractivity contribution is 6.40. The average molecular weight is 962 g/mol. The van der Waals surface area contributed by atoms with E-state index < -0.39 is 41.0 Å². The van der Waals surface area contributed by atoms with Gasteiger partial charge in [0.2, 0.25) is 11.8 Å². The second-order valence-electron chi connectivity index (χ2n) is 14.7. The molecule has 0 saturated heterocycles. The smallest absolute Gasteiger partial charge is 0.330 e. The average Bonchev–Trinajstić information content (AvgIpc) is 3.60. The van der Waals surface area contributed by atoms with Crippen LogP contribution in [0.1, 0.15) is 40.9 Å². The first-order valence-corrected chi connectivity index (χ1v) is 21.7. The Morgan fingerprint density at radius 3 is 1.85 bits per heavy atom. The van der Waals surface area contributed by atoms with E-state index in [2.05, 4.69) is 16.0 Å².